The molecule has 2 aromatic rings. The average Bonchev–Trinajstić information content (AvgIpc) is 2.38. The van der Waals surface area contributed by atoms with Crippen molar-refractivity contribution >= 4 is 23.2 Å². The highest BCUT2D eigenvalue weighted by atomic mass is 35.5. The fourth-order valence-corrected chi connectivity index (χ4v) is 2.52. The standard InChI is InChI=1S/C14H11Cl2FN2O/c15-10-3-8(1-2-11(10)17)12-4-9(5-13(16)19-12)14(20)6-18-7-14/h1-5,18,20H,6-7H2. The highest BCUT2D eigenvalue weighted by Crippen LogP contribution is 2.31. The molecule has 0 amide bonds. The van der Waals surface area contributed by atoms with E-state index < -0.39 is 11.4 Å². The number of pyridine rings is 1. The maximum absolute atomic E-state index is 13.2. The van der Waals surface area contributed by atoms with Gasteiger partial charge in [-0.3, -0.25) is 0 Å². The fourth-order valence-electron chi connectivity index (χ4n) is 2.13. The van der Waals surface area contributed by atoms with Gasteiger partial charge in [-0.1, -0.05) is 23.2 Å². The first kappa shape index (κ1) is 13.8. The van der Waals surface area contributed by atoms with Gasteiger partial charge < -0.3 is 10.4 Å². The summed E-state index contributed by atoms with van der Waals surface area (Å²) in [6.45, 7) is 0.938. The zero-order valence-corrected chi connectivity index (χ0v) is 11.8. The van der Waals surface area contributed by atoms with Crippen LogP contribution in [-0.2, 0) is 5.60 Å². The third-order valence-corrected chi connectivity index (χ3v) is 3.86. The minimum atomic E-state index is -0.925. The molecule has 0 spiro atoms. The maximum Gasteiger partial charge on any atom is 0.141 e. The molecule has 3 rings (SSSR count). The fraction of sp³-hybridized carbons (Fsp3) is 0.214. The van der Waals surface area contributed by atoms with Crippen molar-refractivity contribution in [3.63, 3.8) is 0 Å². The van der Waals surface area contributed by atoms with Crippen molar-refractivity contribution in [2.45, 2.75) is 5.60 Å². The third kappa shape index (κ3) is 2.40. The molecule has 104 valence electrons. The molecular formula is C14H11Cl2FN2O. The summed E-state index contributed by atoms with van der Waals surface area (Å²) < 4.78 is 13.2. The second-order valence-corrected chi connectivity index (χ2v) is 5.62. The van der Waals surface area contributed by atoms with Gasteiger partial charge in [0.25, 0.3) is 0 Å². The van der Waals surface area contributed by atoms with Crippen LogP contribution in [0.25, 0.3) is 11.3 Å². The molecule has 2 N–H and O–H groups in total. The Bertz CT molecular complexity index is 674. The molecule has 0 unspecified atom stereocenters. The van der Waals surface area contributed by atoms with Crippen LogP contribution in [0.2, 0.25) is 10.2 Å². The first-order chi connectivity index (χ1) is 9.48. The van der Waals surface area contributed by atoms with Gasteiger partial charge in [0.2, 0.25) is 0 Å². The van der Waals surface area contributed by atoms with Crippen molar-refractivity contribution < 1.29 is 9.50 Å². The number of hydrogen-bond acceptors (Lipinski definition) is 3. The van der Waals surface area contributed by atoms with E-state index in [0.717, 1.165) is 0 Å². The van der Waals surface area contributed by atoms with Crippen molar-refractivity contribution in [1.29, 1.82) is 0 Å². The van der Waals surface area contributed by atoms with Crippen LogP contribution < -0.4 is 5.32 Å². The number of aromatic nitrogens is 1. The predicted octanol–water partition coefficient (Wildman–Crippen LogP) is 2.99. The molecule has 2 heterocycles. The number of benzene rings is 1. The molecule has 20 heavy (non-hydrogen) atoms. The summed E-state index contributed by atoms with van der Waals surface area (Å²) in [5, 5.41) is 13.7. The summed E-state index contributed by atoms with van der Waals surface area (Å²) in [5.41, 5.74) is 0.961. The van der Waals surface area contributed by atoms with Crippen LogP contribution >= 0.6 is 23.2 Å². The summed E-state index contributed by atoms with van der Waals surface area (Å²) in [6.07, 6.45) is 0. The van der Waals surface area contributed by atoms with Crippen molar-refractivity contribution in [1.82, 2.24) is 10.3 Å². The largest absolute Gasteiger partial charge is 0.382 e. The van der Waals surface area contributed by atoms with Gasteiger partial charge >= 0.3 is 0 Å². The molecule has 0 radical (unpaired) electrons. The molecule has 1 aromatic heterocycles. The van der Waals surface area contributed by atoms with E-state index in [1.54, 1.807) is 18.2 Å². The van der Waals surface area contributed by atoms with E-state index in [1.165, 1.54) is 12.1 Å². The van der Waals surface area contributed by atoms with Gasteiger partial charge in [0.15, 0.2) is 0 Å². The Hall–Kier alpha value is -1.20. The zero-order chi connectivity index (χ0) is 14.3. The van der Waals surface area contributed by atoms with Crippen molar-refractivity contribution in [3.05, 3.63) is 51.9 Å². The lowest BCUT2D eigenvalue weighted by atomic mass is 9.88. The molecule has 3 nitrogen and oxygen atoms in total. The average molecular weight is 313 g/mol. The first-order valence-corrected chi connectivity index (χ1v) is 6.80. The second-order valence-electron chi connectivity index (χ2n) is 4.83. The Morgan fingerprint density at radius 3 is 2.55 bits per heavy atom. The highest BCUT2D eigenvalue weighted by Gasteiger charge is 2.36. The molecule has 0 atom stereocenters. The number of β-amino-alcohol motifs (C(OH)–C–C–N with tert-alkyl or cyclic N) is 1. The molecule has 1 aromatic carbocycles. The predicted molar refractivity (Wildman–Crippen MR) is 76.4 cm³/mol. The molecule has 0 bridgehead atoms. The Labute approximate surface area is 125 Å². The topological polar surface area (TPSA) is 45.2 Å². The van der Waals surface area contributed by atoms with Gasteiger partial charge in [-0.2, -0.15) is 0 Å². The molecule has 1 saturated heterocycles. The monoisotopic (exact) mass is 312 g/mol. The van der Waals surface area contributed by atoms with Crippen LogP contribution in [-0.4, -0.2) is 23.2 Å². The molecule has 1 aliphatic heterocycles. The molecule has 1 aliphatic rings. The summed E-state index contributed by atoms with van der Waals surface area (Å²) in [5.74, 6) is -0.487. The first-order valence-electron chi connectivity index (χ1n) is 6.04. The molecule has 1 fully saturated rings. The molecule has 0 saturated carbocycles. The van der Waals surface area contributed by atoms with Crippen molar-refractivity contribution in [2.75, 3.05) is 13.1 Å². The van der Waals surface area contributed by atoms with E-state index >= 15 is 0 Å². The Kier molecular flexibility index (Phi) is 3.42. The summed E-state index contributed by atoms with van der Waals surface area (Å²) >= 11 is 11.8. The normalized spacial score (nSPS) is 16.8. The van der Waals surface area contributed by atoms with Gasteiger partial charge in [-0.25, -0.2) is 9.37 Å². The van der Waals surface area contributed by atoms with Gasteiger partial charge in [0, 0.05) is 18.7 Å². The van der Waals surface area contributed by atoms with Gasteiger partial charge in [-0.05, 0) is 35.9 Å². The van der Waals surface area contributed by atoms with Crippen LogP contribution in [0.15, 0.2) is 30.3 Å². The minimum Gasteiger partial charge on any atom is -0.382 e. The number of aliphatic hydroxyl groups is 1. The highest BCUT2D eigenvalue weighted by molar-refractivity contribution is 6.31. The van der Waals surface area contributed by atoms with E-state index in [9.17, 15) is 9.50 Å². The van der Waals surface area contributed by atoms with Crippen LogP contribution in [0.1, 0.15) is 5.56 Å². The number of hydrogen-bond donors (Lipinski definition) is 2. The van der Waals surface area contributed by atoms with E-state index in [1.807, 2.05) is 0 Å². The number of nitrogens with one attached hydrogen (secondary N) is 1. The summed E-state index contributed by atoms with van der Waals surface area (Å²) in [6, 6.07) is 7.72. The minimum absolute atomic E-state index is 0.0230. The smallest absolute Gasteiger partial charge is 0.141 e. The lowest BCUT2D eigenvalue weighted by molar-refractivity contribution is -0.0146. The van der Waals surface area contributed by atoms with E-state index in [4.69, 9.17) is 23.2 Å². The quantitative estimate of drug-likeness (QED) is 0.838. The molecule has 6 heteroatoms. The van der Waals surface area contributed by atoms with Gasteiger partial charge in [-0.15, -0.1) is 0 Å². The molecule has 0 aliphatic carbocycles. The second kappa shape index (κ2) is 4.97. The lowest BCUT2D eigenvalue weighted by Gasteiger charge is -2.38. The SMILES string of the molecule is OC1(c2cc(Cl)nc(-c3ccc(F)c(Cl)c3)c2)CNC1. The van der Waals surface area contributed by atoms with Gasteiger partial charge in [0.05, 0.1) is 10.7 Å². The van der Waals surface area contributed by atoms with Crippen LogP contribution in [0.3, 0.4) is 0 Å². The summed E-state index contributed by atoms with van der Waals surface area (Å²) in [4.78, 5) is 4.20. The third-order valence-electron chi connectivity index (χ3n) is 3.38. The Balaban J connectivity index is 2.07. The molecular weight excluding hydrogens is 302 g/mol. The summed E-state index contributed by atoms with van der Waals surface area (Å²) in [7, 11) is 0. The van der Waals surface area contributed by atoms with E-state index in [-0.39, 0.29) is 10.2 Å². The van der Waals surface area contributed by atoms with Crippen LogP contribution in [0.4, 0.5) is 4.39 Å². The maximum atomic E-state index is 13.2. The number of nitrogens with zero attached hydrogens (tertiary/aromatic N) is 1. The van der Waals surface area contributed by atoms with Crippen molar-refractivity contribution in [2.24, 2.45) is 0 Å². The lowest BCUT2D eigenvalue weighted by Crippen LogP contribution is -2.56. The van der Waals surface area contributed by atoms with E-state index in [2.05, 4.69) is 10.3 Å². The van der Waals surface area contributed by atoms with Crippen molar-refractivity contribution in [3.8, 4) is 11.3 Å². The zero-order valence-electron chi connectivity index (χ0n) is 10.3. The Morgan fingerprint density at radius 1 is 1.20 bits per heavy atom. The Morgan fingerprint density at radius 2 is 1.95 bits per heavy atom. The van der Waals surface area contributed by atoms with Crippen LogP contribution in [0.5, 0.6) is 0 Å². The van der Waals surface area contributed by atoms with Gasteiger partial charge in [0.1, 0.15) is 16.6 Å². The number of rotatable bonds is 2. The van der Waals surface area contributed by atoms with Crippen LogP contribution in [0, 0.1) is 5.82 Å². The number of halogens is 3. The van der Waals surface area contributed by atoms with E-state index in [0.29, 0.717) is 29.9 Å².